The summed E-state index contributed by atoms with van der Waals surface area (Å²) in [7, 11) is 0. The summed E-state index contributed by atoms with van der Waals surface area (Å²) in [4.78, 5) is 25.3. The minimum Gasteiger partial charge on any atom is -0.493 e. The average molecular weight is 410 g/mol. The lowest BCUT2D eigenvalue weighted by molar-refractivity contribution is -0.149. The highest BCUT2D eigenvalue weighted by Gasteiger charge is 2.18. The van der Waals surface area contributed by atoms with Crippen molar-refractivity contribution in [2.24, 2.45) is 0 Å². The summed E-state index contributed by atoms with van der Waals surface area (Å²) < 4.78 is 10.6. The van der Waals surface area contributed by atoms with E-state index in [0.29, 0.717) is 5.75 Å². The highest BCUT2D eigenvalue weighted by molar-refractivity contribution is 7.10. The van der Waals surface area contributed by atoms with Crippen LogP contribution in [0.4, 0.5) is 0 Å². The van der Waals surface area contributed by atoms with Gasteiger partial charge in [-0.25, -0.2) is 0 Å². The molecule has 1 aromatic heterocycles. The van der Waals surface area contributed by atoms with E-state index < -0.39 is 5.97 Å². The number of nitrogens with one attached hydrogen (secondary N) is 1. The van der Waals surface area contributed by atoms with Gasteiger partial charge in [-0.2, -0.15) is 0 Å². The van der Waals surface area contributed by atoms with Gasteiger partial charge in [0.15, 0.2) is 6.61 Å². The number of rotatable bonds is 9. The van der Waals surface area contributed by atoms with Crippen LogP contribution in [0.15, 0.2) is 72.1 Å². The van der Waals surface area contributed by atoms with E-state index >= 15 is 0 Å². The number of carbonyl (C=O) groups is 2. The maximum Gasteiger partial charge on any atom is 0.309 e. The molecule has 150 valence electrons. The van der Waals surface area contributed by atoms with Crippen molar-refractivity contribution in [2.75, 3.05) is 13.2 Å². The highest BCUT2D eigenvalue weighted by atomic mass is 32.1. The molecule has 0 spiro atoms. The van der Waals surface area contributed by atoms with Gasteiger partial charge in [-0.05, 0) is 36.1 Å². The molecular weight excluding hydrogens is 386 g/mol. The van der Waals surface area contributed by atoms with Crippen LogP contribution < -0.4 is 10.1 Å². The van der Waals surface area contributed by atoms with Crippen molar-refractivity contribution in [1.29, 1.82) is 0 Å². The van der Waals surface area contributed by atoms with Gasteiger partial charge in [0.2, 0.25) is 0 Å². The Morgan fingerprint density at radius 1 is 1.00 bits per heavy atom. The maximum atomic E-state index is 12.3. The van der Waals surface area contributed by atoms with Gasteiger partial charge in [-0.3, -0.25) is 9.59 Å². The van der Waals surface area contributed by atoms with E-state index in [1.165, 1.54) is 0 Å². The lowest BCUT2D eigenvalue weighted by Gasteiger charge is -2.18. The Labute approximate surface area is 174 Å². The minimum atomic E-state index is -0.473. The van der Waals surface area contributed by atoms with Crippen molar-refractivity contribution in [3.05, 3.63) is 88.1 Å². The van der Waals surface area contributed by atoms with Crippen LogP contribution in [0.5, 0.6) is 5.75 Å². The van der Waals surface area contributed by atoms with Crippen molar-refractivity contribution < 1.29 is 19.1 Å². The first-order chi connectivity index (χ1) is 14.1. The number of hydrogen-bond donors (Lipinski definition) is 1. The molecule has 0 bridgehead atoms. The van der Waals surface area contributed by atoms with Crippen LogP contribution in [0.3, 0.4) is 0 Å². The second kappa shape index (κ2) is 10.4. The van der Waals surface area contributed by atoms with Crippen LogP contribution in [0, 0.1) is 6.92 Å². The molecule has 3 rings (SSSR count). The molecule has 0 saturated carbocycles. The number of carbonyl (C=O) groups excluding carboxylic acids is 2. The summed E-state index contributed by atoms with van der Waals surface area (Å²) in [5, 5.41) is 4.91. The second-order valence-corrected chi connectivity index (χ2v) is 7.48. The highest BCUT2D eigenvalue weighted by Crippen LogP contribution is 2.25. The summed E-state index contributed by atoms with van der Waals surface area (Å²) >= 11 is 1.56. The van der Waals surface area contributed by atoms with Crippen LogP contribution in [-0.4, -0.2) is 25.1 Å². The molecule has 1 heterocycles. The van der Waals surface area contributed by atoms with E-state index in [1.807, 2.05) is 79.0 Å². The molecule has 0 saturated heterocycles. The fourth-order valence-corrected chi connectivity index (χ4v) is 3.53. The van der Waals surface area contributed by atoms with Gasteiger partial charge in [0, 0.05) is 4.88 Å². The van der Waals surface area contributed by atoms with Crippen molar-refractivity contribution in [1.82, 2.24) is 5.32 Å². The fraction of sp³-hybridized carbons (Fsp3) is 0.217. The van der Waals surface area contributed by atoms with Crippen LogP contribution in [0.2, 0.25) is 0 Å². The largest absolute Gasteiger partial charge is 0.493 e. The first kappa shape index (κ1) is 20.6. The zero-order valence-corrected chi connectivity index (χ0v) is 17.0. The first-order valence-electron chi connectivity index (χ1n) is 9.34. The number of aryl methyl sites for hydroxylation is 1. The lowest BCUT2D eigenvalue weighted by Crippen LogP contribution is -2.32. The molecule has 29 heavy (non-hydrogen) atoms. The second-order valence-electron chi connectivity index (χ2n) is 6.50. The molecule has 0 aliphatic carbocycles. The van der Waals surface area contributed by atoms with Crippen molar-refractivity contribution >= 4 is 23.2 Å². The number of esters is 1. The van der Waals surface area contributed by atoms with Crippen molar-refractivity contribution in [2.45, 2.75) is 19.4 Å². The molecular formula is C23H23NO4S. The molecule has 3 aromatic rings. The van der Waals surface area contributed by atoms with E-state index in [1.54, 1.807) is 11.3 Å². The zero-order chi connectivity index (χ0) is 20.5. The Morgan fingerprint density at radius 3 is 2.45 bits per heavy atom. The third-order valence-corrected chi connectivity index (χ3v) is 5.16. The molecule has 1 atom stereocenters. The van der Waals surface area contributed by atoms with Crippen molar-refractivity contribution in [3.8, 4) is 5.75 Å². The van der Waals surface area contributed by atoms with E-state index in [0.717, 1.165) is 16.0 Å². The standard InChI is InChI=1S/C23H23NO4S/c1-17-9-11-19(12-10-17)27-14-13-22(26)28-16-21(25)24-23(20-8-5-15-29-20)18-6-3-2-4-7-18/h2-12,15,23H,13-14,16H2,1H3,(H,24,25)/t23-/m0/s1. The molecule has 0 aliphatic heterocycles. The Morgan fingerprint density at radius 2 is 1.76 bits per heavy atom. The van der Waals surface area contributed by atoms with E-state index in [9.17, 15) is 9.59 Å². The smallest absolute Gasteiger partial charge is 0.309 e. The summed E-state index contributed by atoms with van der Waals surface area (Å²) in [6.07, 6.45) is 0.0776. The molecule has 0 radical (unpaired) electrons. The van der Waals surface area contributed by atoms with Gasteiger partial charge in [-0.15, -0.1) is 11.3 Å². The fourth-order valence-electron chi connectivity index (χ4n) is 2.73. The lowest BCUT2D eigenvalue weighted by atomic mass is 10.1. The van der Waals surface area contributed by atoms with Gasteiger partial charge in [0.05, 0.1) is 19.1 Å². The monoisotopic (exact) mass is 409 g/mol. The average Bonchev–Trinajstić information content (AvgIpc) is 3.27. The van der Waals surface area contributed by atoms with E-state index in [2.05, 4.69) is 5.32 Å². The molecule has 1 N–H and O–H groups in total. The number of thiophene rings is 1. The van der Waals surface area contributed by atoms with Gasteiger partial charge in [0.1, 0.15) is 5.75 Å². The Kier molecular flexibility index (Phi) is 7.41. The minimum absolute atomic E-state index is 0.0776. The van der Waals surface area contributed by atoms with Gasteiger partial charge in [-0.1, -0.05) is 54.1 Å². The van der Waals surface area contributed by atoms with Crippen LogP contribution in [0.25, 0.3) is 0 Å². The summed E-state index contributed by atoms with van der Waals surface area (Å²) in [6, 6.07) is 20.9. The molecule has 0 aliphatic rings. The summed E-state index contributed by atoms with van der Waals surface area (Å²) in [5.74, 6) is -0.123. The number of amides is 1. The van der Waals surface area contributed by atoms with E-state index in [-0.39, 0.29) is 31.6 Å². The first-order valence-corrected chi connectivity index (χ1v) is 10.2. The molecule has 2 aromatic carbocycles. The quantitative estimate of drug-likeness (QED) is 0.536. The van der Waals surface area contributed by atoms with Crippen LogP contribution in [0.1, 0.15) is 28.5 Å². The third kappa shape index (κ3) is 6.47. The Hall–Kier alpha value is -3.12. The topological polar surface area (TPSA) is 64.6 Å². The number of ether oxygens (including phenoxy) is 2. The molecule has 5 nitrogen and oxygen atoms in total. The summed E-state index contributed by atoms with van der Waals surface area (Å²) in [6.45, 7) is 1.87. The van der Waals surface area contributed by atoms with Gasteiger partial charge >= 0.3 is 5.97 Å². The van der Waals surface area contributed by atoms with Gasteiger partial charge in [0.25, 0.3) is 5.91 Å². The molecule has 1 amide bonds. The third-order valence-electron chi connectivity index (χ3n) is 4.23. The Balaban J connectivity index is 1.45. The number of hydrogen-bond acceptors (Lipinski definition) is 5. The number of benzene rings is 2. The normalized spacial score (nSPS) is 11.5. The zero-order valence-electron chi connectivity index (χ0n) is 16.2. The van der Waals surface area contributed by atoms with Crippen LogP contribution in [-0.2, 0) is 14.3 Å². The molecule has 6 heteroatoms. The SMILES string of the molecule is Cc1ccc(OCCC(=O)OCC(=O)N[C@@H](c2ccccc2)c2cccs2)cc1. The predicted octanol–water partition coefficient (Wildman–Crippen LogP) is 4.27. The predicted molar refractivity (Wildman–Crippen MR) is 113 cm³/mol. The maximum absolute atomic E-state index is 12.3. The van der Waals surface area contributed by atoms with Crippen LogP contribution >= 0.6 is 11.3 Å². The molecule has 0 fully saturated rings. The van der Waals surface area contributed by atoms with Gasteiger partial charge < -0.3 is 14.8 Å². The van der Waals surface area contributed by atoms with Crippen molar-refractivity contribution in [3.63, 3.8) is 0 Å². The van der Waals surface area contributed by atoms with E-state index in [4.69, 9.17) is 9.47 Å². The Bertz CT molecular complexity index is 908. The molecule has 0 unspecified atom stereocenters. The summed E-state index contributed by atoms with van der Waals surface area (Å²) in [5.41, 5.74) is 2.11.